The van der Waals surface area contributed by atoms with Crippen LogP contribution in [0.1, 0.15) is 32.3 Å². The maximum absolute atomic E-state index is 6.88. The Kier molecular flexibility index (Phi) is 6.18. The molecule has 0 radical (unpaired) electrons. The van der Waals surface area contributed by atoms with Gasteiger partial charge in [0.1, 0.15) is 0 Å². The highest BCUT2D eigenvalue weighted by molar-refractivity contribution is 7.22. The molecule has 1 aliphatic heterocycles. The van der Waals surface area contributed by atoms with E-state index >= 15 is 0 Å². The van der Waals surface area contributed by atoms with E-state index in [4.69, 9.17) is 10.7 Å². The van der Waals surface area contributed by atoms with Crippen molar-refractivity contribution in [1.82, 2.24) is 9.88 Å². The molecule has 1 saturated heterocycles. The second-order valence-corrected chi connectivity index (χ2v) is 9.47. The number of nitrogens with zero attached hydrogens (tertiary/aromatic N) is 3. The number of hydrogen-bond acceptors (Lipinski definition) is 5. The van der Waals surface area contributed by atoms with Gasteiger partial charge in [0, 0.05) is 31.7 Å². The van der Waals surface area contributed by atoms with Crippen LogP contribution in [-0.2, 0) is 5.54 Å². The zero-order valence-corrected chi connectivity index (χ0v) is 18.4. The highest BCUT2D eigenvalue weighted by Gasteiger charge is 2.31. The second-order valence-electron chi connectivity index (χ2n) is 8.46. The molecule has 1 fully saturated rings. The van der Waals surface area contributed by atoms with Gasteiger partial charge in [-0.3, -0.25) is 4.90 Å². The van der Waals surface area contributed by atoms with Gasteiger partial charge in [0.05, 0.1) is 10.2 Å². The lowest BCUT2D eigenvalue weighted by Crippen LogP contribution is -2.47. The van der Waals surface area contributed by atoms with Crippen molar-refractivity contribution in [3.05, 3.63) is 60.2 Å². The van der Waals surface area contributed by atoms with Crippen molar-refractivity contribution in [3.63, 3.8) is 0 Å². The molecule has 29 heavy (non-hydrogen) atoms. The van der Waals surface area contributed by atoms with Gasteiger partial charge in [0.15, 0.2) is 5.13 Å². The molecule has 1 aliphatic rings. The molecule has 5 heteroatoms. The number of hydrogen-bond donors (Lipinski definition) is 1. The van der Waals surface area contributed by atoms with Crippen LogP contribution in [0.5, 0.6) is 0 Å². The van der Waals surface area contributed by atoms with Crippen LogP contribution in [-0.4, -0.2) is 42.6 Å². The third-order valence-corrected chi connectivity index (χ3v) is 7.43. The summed E-state index contributed by atoms with van der Waals surface area (Å²) in [4.78, 5) is 9.83. The van der Waals surface area contributed by atoms with Crippen molar-refractivity contribution < 1.29 is 0 Å². The van der Waals surface area contributed by atoms with Gasteiger partial charge >= 0.3 is 0 Å². The van der Waals surface area contributed by atoms with Crippen LogP contribution in [0.4, 0.5) is 5.13 Å². The molecular weight excluding hydrogens is 376 g/mol. The number of anilines is 1. The van der Waals surface area contributed by atoms with E-state index in [9.17, 15) is 0 Å². The Hall–Kier alpha value is -1.95. The number of aromatic nitrogens is 1. The van der Waals surface area contributed by atoms with E-state index in [2.05, 4.69) is 78.2 Å². The first-order valence-electron chi connectivity index (χ1n) is 10.7. The largest absolute Gasteiger partial charge is 0.345 e. The molecule has 1 unspecified atom stereocenters. The van der Waals surface area contributed by atoms with Gasteiger partial charge in [-0.05, 0) is 43.0 Å². The highest BCUT2D eigenvalue weighted by atomic mass is 32.1. The second kappa shape index (κ2) is 8.82. The van der Waals surface area contributed by atoms with Gasteiger partial charge in [0.2, 0.25) is 0 Å². The predicted molar refractivity (Wildman–Crippen MR) is 125 cm³/mol. The SMILES string of the molecule is CC(C)C(N)(CCCN1CCN(c2nc3ccccc3s2)CC1)c1ccccc1. The Bertz CT molecular complexity index is 882. The number of benzene rings is 2. The minimum absolute atomic E-state index is 0.246. The maximum Gasteiger partial charge on any atom is 0.186 e. The van der Waals surface area contributed by atoms with E-state index in [1.807, 2.05) is 0 Å². The molecule has 0 aliphatic carbocycles. The summed E-state index contributed by atoms with van der Waals surface area (Å²) in [5.74, 6) is 0.417. The van der Waals surface area contributed by atoms with Gasteiger partial charge in [-0.2, -0.15) is 0 Å². The average Bonchev–Trinajstić information content (AvgIpc) is 3.19. The molecular formula is C24H32N4S. The van der Waals surface area contributed by atoms with Crippen LogP contribution in [0, 0.1) is 5.92 Å². The number of para-hydroxylation sites is 1. The van der Waals surface area contributed by atoms with Gasteiger partial charge in [-0.1, -0.05) is 67.6 Å². The van der Waals surface area contributed by atoms with Crippen LogP contribution in [0.3, 0.4) is 0 Å². The Morgan fingerprint density at radius 1 is 1.00 bits per heavy atom. The van der Waals surface area contributed by atoms with Crippen molar-refractivity contribution in [1.29, 1.82) is 0 Å². The summed E-state index contributed by atoms with van der Waals surface area (Å²) >= 11 is 1.81. The van der Waals surface area contributed by atoms with Crippen LogP contribution >= 0.6 is 11.3 Å². The summed E-state index contributed by atoms with van der Waals surface area (Å²) < 4.78 is 1.28. The third-order valence-electron chi connectivity index (χ3n) is 6.33. The van der Waals surface area contributed by atoms with E-state index in [0.29, 0.717) is 5.92 Å². The lowest BCUT2D eigenvalue weighted by Gasteiger charge is -2.37. The minimum Gasteiger partial charge on any atom is -0.345 e. The standard InChI is InChI=1S/C24H32N4S/c1-19(2)24(25,20-9-4-3-5-10-20)13-8-14-27-15-17-28(18-16-27)23-26-21-11-6-7-12-22(21)29-23/h3-7,9-12,19H,8,13-18,25H2,1-2H3. The molecule has 0 saturated carbocycles. The van der Waals surface area contributed by atoms with E-state index in [-0.39, 0.29) is 5.54 Å². The first-order chi connectivity index (χ1) is 14.1. The summed E-state index contributed by atoms with van der Waals surface area (Å²) in [6, 6.07) is 19.0. The minimum atomic E-state index is -0.246. The fourth-order valence-corrected chi connectivity index (χ4v) is 5.29. The molecule has 0 bridgehead atoms. The van der Waals surface area contributed by atoms with Crippen LogP contribution in [0.2, 0.25) is 0 Å². The first kappa shape index (κ1) is 20.3. The summed E-state index contributed by atoms with van der Waals surface area (Å²) in [6.45, 7) is 9.90. The zero-order valence-electron chi connectivity index (χ0n) is 17.6. The predicted octanol–water partition coefficient (Wildman–Crippen LogP) is 4.71. The zero-order chi connectivity index (χ0) is 20.3. The fourth-order valence-electron chi connectivity index (χ4n) is 4.27. The molecule has 0 amide bonds. The molecule has 4 rings (SSSR count). The Labute approximate surface area is 178 Å². The summed E-state index contributed by atoms with van der Waals surface area (Å²) in [5.41, 5.74) is 9.01. The van der Waals surface area contributed by atoms with Crippen molar-refractivity contribution in [2.45, 2.75) is 32.2 Å². The summed E-state index contributed by atoms with van der Waals surface area (Å²) in [7, 11) is 0. The molecule has 0 spiro atoms. The van der Waals surface area contributed by atoms with E-state index in [0.717, 1.165) is 56.2 Å². The Morgan fingerprint density at radius 2 is 1.69 bits per heavy atom. The van der Waals surface area contributed by atoms with Gasteiger partial charge in [0.25, 0.3) is 0 Å². The molecule has 1 aromatic heterocycles. The van der Waals surface area contributed by atoms with E-state index in [1.54, 1.807) is 11.3 Å². The Morgan fingerprint density at radius 3 is 2.38 bits per heavy atom. The van der Waals surface area contributed by atoms with Crippen LogP contribution in [0.25, 0.3) is 10.2 Å². The van der Waals surface area contributed by atoms with Gasteiger partial charge < -0.3 is 10.6 Å². The smallest absolute Gasteiger partial charge is 0.186 e. The Balaban J connectivity index is 1.29. The molecule has 2 N–H and O–H groups in total. The normalized spacial score (nSPS) is 17.7. The number of rotatable bonds is 7. The maximum atomic E-state index is 6.88. The lowest BCUT2D eigenvalue weighted by atomic mass is 9.77. The molecule has 3 aromatic rings. The molecule has 4 nitrogen and oxygen atoms in total. The van der Waals surface area contributed by atoms with Crippen molar-refractivity contribution in [3.8, 4) is 0 Å². The number of piperazine rings is 1. The summed E-state index contributed by atoms with van der Waals surface area (Å²) in [5, 5.41) is 1.16. The highest BCUT2D eigenvalue weighted by Crippen LogP contribution is 2.32. The topological polar surface area (TPSA) is 45.4 Å². The van der Waals surface area contributed by atoms with E-state index in [1.165, 1.54) is 10.3 Å². The van der Waals surface area contributed by atoms with Gasteiger partial charge in [-0.25, -0.2) is 4.98 Å². The average molecular weight is 409 g/mol. The number of nitrogens with two attached hydrogens (primary N) is 1. The van der Waals surface area contributed by atoms with Crippen LogP contribution in [0.15, 0.2) is 54.6 Å². The summed E-state index contributed by atoms with van der Waals surface area (Å²) in [6.07, 6.45) is 2.15. The fraction of sp³-hybridized carbons (Fsp3) is 0.458. The molecule has 2 aromatic carbocycles. The van der Waals surface area contributed by atoms with Crippen molar-refractivity contribution in [2.24, 2.45) is 11.7 Å². The molecule has 154 valence electrons. The molecule has 2 heterocycles. The van der Waals surface area contributed by atoms with Gasteiger partial charge in [-0.15, -0.1) is 0 Å². The van der Waals surface area contributed by atoms with Crippen molar-refractivity contribution in [2.75, 3.05) is 37.6 Å². The third kappa shape index (κ3) is 4.47. The number of thiazole rings is 1. The molecule has 1 atom stereocenters. The van der Waals surface area contributed by atoms with E-state index < -0.39 is 0 Å². The van der Waals surface area contributed by atoms with Crippen LogP contribution < -0.4 is 10.6 Å². The number of fused-ring (bicyclic) bond motifs is 1. The lowest BCUT2D eigenvalue weighted by molar-refractivity contribution is 0.224. The monoisotopic (exact) mass is 408 g/mol. The first-order valence-corrected chi connectivity index (χ1v) is 11.6. The van der Waals surface area contributed by atoms with Crippen molar-refractivity contribution >= 4 is 26.7 Å². The quantitative estimate of drug-likeness (QED) is 0.615.